The van der Waals surface area contributed by atoms with E-state index in [-0.39, 0.29) is 24.0 Å². The summed E-state index contributed by atoms with van der Waals surface area (Å²) in [7, 11) is 0. The summed E-state index contributed by atoms with van der Waals surface area (Å²) >= 11 is 1.40. The number of rotatable bonds is 8. The number of unbranched alkanes of at least 4 members (excludes halogenated alkanes) is 1. The van der Waals surface area contributed by atoms with Crippen molar-refractivity contribution < 1.29 is 4.79 Å². The Bertz CT molecular complexity index is 1180. The third-order valence-electron chi connectivity index (χ3n) is 5.26. The Hall–Kier alpha value is -3.13. The van der Waals surface area contributed by atoms with Gasteiger partial charge in [-0.15, -0.1) is 11.3 Å². The first kappa shape index (κ1) is 22.6. The Kier molecular flexibility index (Phi) is 7.12. The molecule has 0 aliphatic heterocycles. The third-order valence-corrected chi connectivity index (χ3v) is 6.34. The summed E-state index contributed by atoms with van der Waals surface area (Å²) in [6.45, 7) is 6.56. The van der Waals surface area contributed by atoms with Gasteiger partial charge in [-0.25, -0.2) is 4.79 Å². The van der Waals surface area contributed by atoms with E-state index in [1.807, 2.05) is 57.2 Å². The van der Waals surface area contributed by atoms with E-state index >= 15 is 0 Å². The fraction of sp³-hybridized carbons (Fsp3) is 0.348. The second-order valence-corrected chi connectivity index (χ2v) is 8.68. The molecule has 1 aromatic carbocycles. The van der Waals surface area contributed by atoms with Gasteiger partial charge in [-0.3, -0.25) is 24.0 Å². The quantitative estimate of drug-likeness (QED) is 0.558. The van der Waals surface area contributed by atoms with Crippen LogP contribution in [0.5, 0.6) is 0 Å². The molecule has 0 aliphatic rings. The molecule has 3 rings (SSSR count). The lowest BCUT2D eigenvalue weighted by Crippen LogP contribution is -2.40. The Balaban J connectivity index is 2.15. The fourth-order valence-corrected chi connectivity index (χ4v) is 4.57. The Morgan fingerprint density at radius 3 is 2.52 bits per heavy atom. The Morgan fingerprint density at radius 1 is 1.19 bits per heavy atom. The summed E-state index contributed by atoms with van der Waals surface area (Å²) in [6, 6.07) is 11.3. The summed E-state index contributed by atoms with van der Waals surface area (Å²) in [5.41, 5.74) is 7.04. The van der Waals surface area contributed by atoms with Crippen LogP contribution in [0.15, 0.2) is 46.0 Å². The van der Waals surface area contributed by atoms with Crippen molar-refractivity contribution in [2.45, 2.75) is 53.1 Å². The first-order valence-corrected chi connectivity index (χ1v) is 11.3. The van der Waals surface area contributed by atoms with E-state index in [9.17, 15) is 14.4 Å². The average Bonchev–Trinajstić information content (AvgIpc) is 3.13. The normalized spacial score (nSPS) is 10.9. The van der Waals surface area contributed by atoms with Gasteiger partial charge in [0.25, 0.3) is 11.5 Å². The summed E-state index contributed by atoms with van der Waals surface area (Å²) in [6.07, 6.45) is 2.41. The number of nitrogens with one attached hydrogen (secondary N) is 1. The third kappa shape index (κ3) is 4.80. The van der Waals surface area contributed by atoms with Crippen LogP contribution in [0.3, 0.4) is 0 Å². The molecule has 0 atom stereocenters. The van der Waals surface area contributed by atoms with Gasteiger partial charge >= 0.3 is 5.69 Å². The van der Waals surface area contributed by atoms with E-state index < -0.39 is 11.2 Å². The van der Waals surface area contributed by atoms with E-state index in [4.69, 9.17) is 5.73 Å². The van der Waals surface area contributed by atoms with Crippen LogP contribution in [0.2, 0.25) is 0 Å². The number of H-pyrrole nitrogens is 1. The van der Waals surface area contributed by atoms with Gasteiger partial charge in [0.05, 0.1) is 11.4 Å². The van der Waals surface area contributed by atoms with E-state index in [1.54, 1.807) is 0 Å². The van der Waals surface area contributed by atoms with E-state index in [0.717, 1.165) is 35.3 Å². The maximum absolute atomic E-state index is 13.6. The summed E-state index contributed by atoms with van der Waals surface area (Å²) in [4.78, 5) is 44.1. The minimum Gasteiger partial charge on any atom is -0.383 e. The zero-order valence-corrected chi connectivity index (χ0v) is 18.9. The number of hydrogen-bond donors (Lipinski definition) is 2. The number of carbonyl (C=O) groups is 1. The predicted octanol–water partition coefficient (Wildman–Crippen LogP) is 3.70. The van der Waals surface area contributed by atoms with Crippen LogP contribution < -0.4 is 21.9 Å². The Morgan fingerprint density at radius 2 is 1.90 bits per heavy atom. The number of benzene rings is 1. The molecule has 164 valence electrons. The number of hydrogen-bond acceptors (Lipinski definition) is 5. The van der Waals surface area contributed by atoms with Crippen molar-refractivity contribution in [2.24, 2.45) is 0 Å². The van der Waals surface area contributed by atoms with Crippen LogP contribution >= 0.6 is 11.3 Å². The van der Waals surface area contributed by atoms with Gasteiger partial charge in [0.2, 0.25) is 0 Å². The number of nitrogen functional groups attached to an aromatic ring is 1. The lowest BCUT2D eigenvalue weighted by molar-refractivity contribution is 0.0988. The van der Waals surface area contributed by atoms with Crippen LogP contribution in [0.1, 0.15) is 52.4 Å². The highest BCUT2D eigenvalue weighted by molar-refractivity contribution is 7.14. The van der Waals surface area contributed by atoms with Crippen LogP contribution in [-0.4, -0.2) is 15.5 Å². The standard InChI is InChI=1S/C23H28N4O3S/c1-4-6-12-26-20(24)19(21(28)25-23(26)30)27(14-16-10-8-7-9-11-16)22(29)18-13-17(5-2)15(3)31-18/h7-11,13H,4-6,12,14,24H2,1-3H3,(H,25,28,30). The van der Waals surface area contributed by atoms with Gasteiger partial charge in [-0.05, 0) is 37.0 Å². The van der Waals surface area contributed by atoms with Crippen molar-refractivity contribution in [3.63, 3.8) is 0 Å². The molecule has 0 saturated heterocycles. The molecule has 0 fully saturated rings. The van der Waals surface area contributed by atoms with Crippen LogP contribution in [0, 0.1) is 6.92 Å². The summed E-state index contributed by atoms with van der Waals surface area (Å²) in [5.74, 6) is -0.301. The van der Waals surface area contributed by atoms with Crippen LogP contribution in [0.4, 0.5) is 11.5 Å². The second-order valence-electron chi connectivity index (χ2n) is 7.42. The molecule has 0 spiro atoms. The first-order valence-electron chi connectivity index (χ1n) is 10.4. The predicted molar refractivity (Wildman–Crippen MR) is 126 cm³/mol. The van der Waals surface area contributed by atoms with Crippen molar-refractivity contribution in [3.05, 3.63) is 78.1 Å². The maximum Gasteiger partial charge on any atom is 0.330 e. The molecule has 3 aromatic rings. The zero-order valence-electron chi connectivity index (χ0n) is 18.1. The van der Waals surface area contributed by atoms with E-state index in [1.165, 1.54) is 20.8 Å². The van der Waals surface area contributed by atoms with Gasteiger partial charge in [-0.1, -0.05) is 50.6 Å². The van der Waals surface area contributed by atoms with Crippen molar-refractivity contribution in [3.8, 4) is 0 Å². The van der Waals surface area contributed by atoms with Crippen molar-refractivity contribution >= 4 is 28.7 Å². The second kappa shape index (κ2) is 9.78. The molecule has 31 heavy (non-hydrogen) atoms. The van der Waals surface area contributed by atoms with Gasteiger partial charge in [0, 0.05) is 11.4 Å². The van der Waals surface area contributed by atoms with Gasteiger partial charge in [0.15, 0.2) is 5.69 Å². The molecule has 7 nitrogen and oxygen atoms in total. The molecule has 8 heteroatoms. The molecular weight excluding hydrogens is 412 g/mol. The molecule has 0 bridgehead atoms. The van der Waals surface area contributed by atoms with Gasteiger partial charge < -0.3 is 5.73 Å². The molecule has 0 aliphatic carbocycles. The summed E-state index contributed by atoms with van der Waals surface area (Å²) < 4.78 is 1.34. The smallest absolute Gasteiger partial charge is 0.330 e. The molecule has 0 radical (unpaired) electrons. The number of aromatic amines is 1. The highest BCUT2D eigenvalue weighted by atomic mass is 32.1. The molecule has 2 heterocycles. The molecule has 0 unspecified atom stereocenters. The SMILES string of the molecule is CCCCn1c(N)c(N(Cc2ccccc2)C(=O)c2cc(CC)c(C)s2)c(=O)[nH]c1=O. The number of anilines is 2. The first-order chi connectivity index (χ1) is 14.9. The molecule has 2 aromatic heterocycles. The maximum atomic E-state index is 13.6. The number of nitrogens with two attached hydrogens (primary N) is 1. The fourth-order valence-electron chi connectivity index (χ4n) is 3.50. The summed E-state index contributed by atoms with van der Waals surface area (Å²) in [5, 5.41) is 0. The Labute approximate surface area is 185 Å². The highest BCUT2D eigenvalue weighted by Gasteiger charge is 2.27. The number of aryl methyl sites for hydroxylation is 2. The molecular formula is C23H28N4O3S. The topological polar surface area (TPSA) is 101 Å². The van der Waals surface area contributed by atoms with Crippen molar-refractivity contribution in [2.75, 3.05) is 10.6 Å². The van der Waals surface area contributed by atoms with Crippen molar-refractivity contribution in [1.82, 2.24) is 9.55 Å². The van der Waals surface area contributed by atoms with Crippen LogP contribution in [0.25, 0.3) is 0 Å². The van der Waals surface area contributed by atoms with Gasteiger partial charge in [-0.2, -0.15) is 0 Å². The van der Waals surface area contributed by atoms with E-state index in [0.29, 0.717) is 11.4 Å². The average molecular weight is 441 g/mol. The number of carbonyl (C=O) groups excluding carboxylic acids is 1. The minimum atomic E-state index is -0.663. The number of aromatic nitrogens is 2. The highest BCUT2D eigenvalue weighted by Crippen LogP contribution is 2.27. The number of nitrogens with zero attached hydrogens (tertiary/aromatic N) is 2. The minimum absolute atomic E-state index is 0.00802. The van der Waals surface area contributed by atoms with E-state index in [2.05, 4.69) is 4.98 Å². The number of amides is 1. The van der Waals surface area contributed by atoms with Crippen molar-refractivity contribution in [1.29, 1.82) is 0 Å². The lowest BCUT2D eigenvalue weighted by atomic mass is 10.1. The lowest BCUT2D eigenvalue weighted by Gasteiger charge is -2.24. The number of thiophene rings is 1. The monoisotopic (exact) mass is 440 g/mol. The zero-order chi connectivity index (χ0) is 22.5. The molecule has 1 amide bonds. The molecule has 3 N–H and O–H groups in total. The van der Waals surface area contributed by atoms with Gasteiger partial charge in [0.1, 0.15) is 5.82 Å². The van der Waals surface area contributed by atoms with Crippen LogP contribution in [-0.2, 0) is 19.5 Å². The molecule has 0 saturated carbocycles. The largest absolute Gasteiger partial charge is 0.383 e.